The third-order valence-electron chi connectivity index (χ3n) is 5.16. The van der Waals surface area contributed by atoms with Gasteiger partial charge < -0.3 is 9.64 Å². The summed E-state index contributed by atoms with van der Waals surface area (Å²) in [5, 5.41) is 8.70. The number of nitrogens with zero attached hydrogens (tertiary/aromatic N) is 4. The van der Waals surface area contributed by atoms with Gasteiger partial charge in [-0.3, -0.25) is 0 Å². The van der Waals surface area contributed by atoms with Crippen LogP contribution >= 0.6 is 0 Å². The zero-order valence-corrected chi connectivity index (χ0v) is 17.6. The number of hydrogen-bond acceptors (Lipinski definition) is 6. The lowest BCUT2D eigenvalue weighted by Gasteiger charge is -2.34. The van der Waals surface area contributed by atoms with Crippen LogP contribution in [0, 0.1) is 0 Å². The molecule has 0 unspecified atom stereocenters. The van der Waals surface area contributed by atoms with E-state index in [-0.39, 0.29) is 5.75 Å². The minimum atomic E-state index is -3.33. The molecule has 0 amide bonds. The van der Waals surface area contributed by atoms with Gasteiger partial charge in [-0.15, -0.1) is 10.2 Å². The van der Waals surface area contributed by atoms with E-state index in [0.29, 0.717) is 26.2 Å². The van der Waals surface area contributed by atoms with Crippen molar-refractivity contribution in [1.82, 2.24) is 14.5 Å². The highest BCUT2D eigenvalue weighted by molar-refractivity contribution is 7.88. The third kappa shape index (κ3) is 4.60. The second-order valence-corrected chi connectivity index (χ2v) is 9.11. The summed E-state index contributed by atoms with van der Waals surface area (Å²) in [5.74, 6) is 1.55. The quantitative estimate of drug-likeness (QED) is 0.606. The van der Waals surface area contributed by atoms with Gasteiger partial charge in [0.25, 0.3) is 0 Å². The SMILES string of the molecule is COc1cccc(-c2ccc(N3CCN(S(=O)(=O)Cc4ccccc4)CC3)nn2)c1. The Morgan fingerprint density at radius 1 is 0.900 bits per heavy atom. The maximum Gasteiger partial charge on any atom is 0.218 e. The molecule has 4 rings (SSSR count). The molecule has 2 aromatic carbocycles. The Morgan fingerprint density at radius 2 is 1.67 bits per heavy atom. The Balaban J connectivity index is 1.39. The largest absolute Gasteiger partial charge is 0.497 e. The molecule has 0 saturated carbocycles. The normalized spacial score (nSPS) is 15.2. The van der Waals surface area contributed by atoms with Crippen molar-refractivity contribution in [2.75, 3.05) is 38.2 Å². The van der Waals surface area contributed by atoms with Gasteiger partial charge in [-0.25, -0.2) is 8.42 Å². The molecule has 1 saturated heterocycles. The summed E-state index contributed by atoms with van der Waals surface area (Å²) in [6, 6.07) is 20.8. The molecular formula is C22H24N4O3S. The van der Waals surface area contributed by atoms with E-state index < -0.39 is 10.0 Å². The maximum absolute atomic E-state index is 12.7. The van der Waals surface area contributed by atoms with Crippen molar-refractivity contribution < 1.29 is 13.2 Å². The lowest BCUT2D eigenvalue weighted by molar-refractivity contribution is 0.383. The monoisotopic (exact) mass is 424 g/mol. The first-order valence-corrected chi connectivity index (χ1v) is 11.4. The third-order valence-corrected chi connectivity index (χ3v) is 7.01. The number of sulfonamides is 1. The number of ether oxygens (including phenoxy) is 1. The van der Waals surface area contributed by atoms with Gasteiger partial charge in [0, 0.05) is 31.7 Å². The van der Waals surface area contributed by atoms with Crippen LogP contribution in [0.15, 0.2) is 66.7 Å². The van der Waals surface area contributed by atoms with Crippen molar-refractivity contribution in [3.63, 3.8) is 0 Å². The fourth-order valence-corrected chi connectivity index (χ4v) is 5.02. The molecule has 30 heavy (non-hydrogen) atoms. The second kappa shape index (κ2) is 8.81. The fraction of sp³-hybridized carbons (Fsp3) is 0.273. The van der Waals surface area contributed by atoms with Crippen molar-refractivity contribution in [3.05, 3.63) is 72.3 Å². The van der Waals surface area contributed by atoms with Crippen molar-refractivity contribution >= 4 is 15.8 Å². The van der Waals surface area contributed by atoms with E-state index in [4.69, 9.17) is 4.74 Å². The number of aromatic nitrogens is 2. The Morgan fingerprint density at radius 3 is 2.33 bits per heavy atom. The van der Waals surface area contributed by atoms with E-state index in [1.54, 1.807) is 11.4 Å². The number of methoxy groups -OCH3 is 1. The molecule has 0 aliphatic carbocycles. The highest BCUT2D eigenvalue weighted by atomic mass is 32.2. The van der Waals surface area contributed by atoms with Crippen LogP contribution in [0.25, 0.3) is 11.3 Å². The van der Waals surface area contributed by atoms with Gasteiger partial charge in [0.2, 0.25) is 10.0 Å². The summed E-state index contributed by atoms with van der Waals surface area (Å²) in [6.45, 7) is 2.05. The molecular weight excluding hydrogens is 400 g/mol. The van der Waals surface area contributed by atoms with Crippen molar-refractivity contribution in [3.8, 4) is 17.0 Å². The number of hydrogen-bond donors (Lipinski definition) is 0. The van der Waals surface area contributed by atoms with Crippen LogP contribution in [0.3, 0.4) is 0 Å². The summed E-state index contributed by atoms with van der Waals surface area (Å²) >= 11 is 0. The first-order chi connectivity index (χ1) is 14.5. The lowest BCUT2D eigenvalue weighted by Crippen LogP contribution is -2.49. The van der Waals surface area contributed by atoms with Gasteiger partial charge >= 0.3 is 0 Å². The summed E-state index contributed by atoms with van der Waals surface area (Å²) in [7, 11) is -1.70. The molecule has 0 spiro atoms. The Hall–Kier alpha value is -2.97. The summed E-state index contributed by atoms with van der Waals surface area (Å²) in [5.41, 5.74) is 2.51. The van der Waals surface area contributed by atoms with Gasteiger partial charge in [-0.1, -0.05) is 42.5 Å². The molecule has 2 heterocycles. The fourth-order valence-electron chi connectivity index (χ4n) is 3.50. The Kier molecular flexibility index (Phi) is 5.96. The van der Waals surface area contributed by atoms with Crippen LogP contribution in [0.4, 0.5) is 5.82 Å². The molecule has 1 aliphatic rings. The van der Waals surface area contributed by atoms with Crippen molar-refractivity contribution in [2.45, 2.75) is 5.75 Å². The van der Waals surface area contributed by atoms with Crippen LogP contribution < -0.4 is 9.64 Å². The molecule has 3 aromatic rings. The zero-order valence-electron chi connectivity index (χ0n) is 16.8. The first kappa shape index (κ1) is 20.3. The molecule has 0 radical (unpaired) electrons. The molecule has 7 nitrogen and oxygen atoms in total. The standard InChI is InChI=1S/C22H24N4O3S/c1-29-20-9-5-8-19(16-20)21-10-11-22(24-23-21)25-12-14-26(15-13-25)30(27,28)17-18-6-3-2-4-7-18/h2-11,16H,12-15,17H2,1H3. The molecule has 0 atom stereocenters. The van der Waals surface area contributed by atoms with E-state index in [1.807, 2.05) is 66.7 Å². The summed E-state index contributed by atoms with van der Waals surface area (Å²) in [6.07, 6.45) is 0. The number of rotatable bonds is 6. The second-order valence-electron chi connectivity index (χ2n) is 7.14. The number of piperazine rings is 1. The zero-order chi connectivity index (χ0) is 21.0. The molecule has 1 aromatic heterocycles. The molecule has 1 fully saturated rings. The van der Waals surface area contributed by atoms with Gasteiger partial charge in [0.05, 0.1) is 18.6 Å². The molecule has 0 N–H and O–H groups in total. The molecule has 1 aliphatic heterocycles. The van der Waals surface area contributed by atoms with E-state index >= 15 is 0 Å². The highest BCUT2D eigenvalue weighted by Crippen LogP contribution is 2.23. The topological polar surface area (TPSA) is 75.6 Å². The maximum atomic E-state index is 12.7. The van der Waals surface area contributed by atoms with Crippen LogP contribution in [0.2, 0.25) is 0 Å². The number of benzene rings is 2. The summed E-state index contributed by atoms with van der Waals surface area (Å²) < 4.78 is 32.3. The lowest BCUT2D eigenvalue weighted by atomic mass is 10.1. The summed E-state index contributed by atoms with van der Waals surface area (Å²) in [4.78, 5) is 2.07. The van der Waals surface area contributed by atoms with Gasteiger partial charge in [0.15, 0.2) is 5.82 Å². The minimum Gasteiger partial charge on any atom is -0.497 e. The van der Waals surface area contributed by atoms with Crippen LogP contribution in [-0.4, -0.2) is 56.2 Å². The smallest absolute Gasteiger partial charge is 0.218 e. The van der Waals surface area contributed by atoms with Crippen LogP contribution in [0.5, 0.6) is 5.75 Å². The van der Waals surface area contributed by atoms with Gasteiger partial charge in [0.1, 0.15) is 5.75 Å². The van der Waals surface area contributed by atoms with E-state index in [1.165, 1.54) is 0 Å². The van der Waals surface area contributed by atoms with Crippen LogP contribution in [0.1, 0.15) is 5.56 Å². The van der Waals surface area contributed by atoms with Gasteiger partial charge in [-0.2, -0.15) is 4.31 Å². The molecule has 8 heteroatoms. The average molecular weight is 425 g/mol. The Labute approximate surface area is 177 Å². The Bertz CT molecular complexity index is 1080. The molecule has 156 valence electrons. The van der Waals surface area contributed by atoms with E-state index in [0.717, 1.165) is 28.4 Å². The van der Waals surface area contributed by atoms with E-state index in [9.17, 15) is 8.42 Å². The number of anilines is 1. The first-order valence-electron chi connectivity index (χ1n) is 9.80. The highest BCUT2D eigenvalue weighted by Gasteiger charge is 2.27. The van der Waals surface area contributed by atoms with Crippen molar-refractivity contribution in [1.29, 1.82) is 0 Å². The molecule has 0 bridgehead atoms. The average Bonchev–Trinajstić information content (AvgIpc) is 2.80. The predicted molar refractivity (Wildman–Crippen MR) is 117 cm³/mol. The van der Waals surface area contributed by atoms with Crippen molar-refractivity contribution in [2.24, 2.45) is 0 Å². The van der Waals surface area contributed by atoms with Gasteiger partial charge in [-0.05, 0) is 29.8 Å². The van der Waals surface area contributed by atoms with E-state index in [2.05, 4.69) is 15.1 Å². The van der Waals surface area contributed by atoms with Crippen LogP contribution in [-0.2, 0) is 15.8 Å². The minimum absolute atomic E-state index is 0.0306. The predicted octanol–water partition coefficient (Wildman–Crippen LogP) is 2.80.